The Morgan fingerprint density at radius 1 is 1.19 bits per heavy atom. The maximum absolute atomic E-state index is 12.8. The summed E-state index contributed by atoms with van der Waals surface area (Å²) in [6, 6.07) is 8.08. The van der Waals surface area contributed by atoms with Crippen molar-refractivity contribution in [2.45, 2.75) is 6.54 Å². The fourth-order valence-corrected chi connectivity index (χ4v) is 2.90. The number of halogens is 1. The van der Waals surface area contributed by atoms with E-state index in [2.05, 4.69) is 26.9 Å². The summed E-state index contributed by atoms with van der Waals surface area (Å²) in [7, 11) is 0. The summed E-state index contributed by atoms with van der Waals surface area (Å²) in [5.41, 5.74) is -0.0347. The molecule has 0 aliphatic heterocycles. The van der Waals surface area contributed by atoms with Gasteiger partial charge in [-0.1, -0.05) is 23.4 Å². The first-order chi connectivity index (χ1) is 13.0. The van der Waals surface area contributed by atoms with Crippen molar-refractivity contribution in [1.82, 2.24) is 19.7 Å². The molecular formula is C19H11ClN4O3. The number of pyridine rings is 2. The lowest BCUT2D eigenvalue weighted by Gasteiger charge is -2.07. The molecule has 0 saturated heterocycles. The van der Waals surface area contributed by atoms with Gasteiger partial charge >= 0.3 is 0 Å². The molecule has 7 nitrogen and oxygen atoms in total. The average molecular weight is 379 g/mol. The molecule has 4 aromatic rings. The standard InChI is InChI=1S/C19H11ClN4O3/c20-12-3-4-13-14(10-12)22-16-15(17(13)25)19(27)24(23-18(16)26)9-1-2-11-5-7-21-8-6-11/h3-8,10H,9H2,(H,22,25)(H,23,26). The first-order valence-electron chi connectivity index (χ1n) is 7.89. The van der Waals surface area contributed by atoms with E-state index in [1.165, 1.54) is 6.07 Å². The molecule has 132 valence electrons. The van der Waals surface area contributed by atoms with Crippen molar-refractivity contribution in [3.63, 3.8) is 0 Å². The lowest BCUT2D eigenvalue weighted by molar-refractivity contribution is 0.433. The number of nitrogens with zero attached hydrogens (tertiary/aromatic N) is 3. The lowest BCUT2D eigenvalue weighted by atomic mass is 10.1. The van der Waals surface area contributed by atoms with Crippen LogP contribution >= 0.6 is 11.6 Å². The number of benzene rings is 1. The molecule has 0 radical (unpaired) electrons. The molecule has 3 heterocycles. The number of hydrogen-bond donors (Lipinski definition) is 2. The predicted octanol–water partition coefficient (Wildman–Crippen LogP) is 2.04. The van der Waals surface area contributed by atoms with Gasteiger partial charge in [0.15, 0.2) is 0 Å². The van der Waals surface area contributed by atoms with Gasteiger partial charge in [-0.25, -0.2) is 4.68 Å². The van der Waals surface area contributed by atoms with Gasteiger partial charge in [-0.3, -0.25) is 14.6 Å². The minimum atomic E-state index is -0.634. The fourth-order valence-electron chi connectivity index (χ4n) is 2.73. The van der Waals surface area contributed by atoms with E-state index in [4.69, 9.17) is 11.6 Å². The molecule has 0 atom stereocenters. The van der Waals surface area contributed by atoms with Crippen molar-refractivity contribution in [3.8, 4) is 17.7 Å². The van der Waals surface area contributed by atoms with Crippen LogP contribution in [0.1, 0.15) is 5.56 Å². The molecule has 0 bridgehead atoms. The molecule has 3 aromatic heterocycles. The van der Waals surface area contributed by atoms with Gasteiger partial charge in [0.25, 0.3) is 11.4 Å². The molecule has 2 N–H and O–H groups in total. The summed E-state index contributed by atoms with van der Waals surface area (Å²) >= 11 is 5.94. The number of nitrogens with one attached hydrogen (secondary N) is 1. The largest absolute Gasteiger partial charge is 0.491 e. The number of aromatic amines is 1. The van der Waals surface area contributed by atoms with E-state index >= 15 is 0 Å². The van der Waals surface area contributed by atoms with Crippen molar-refractivity contribution in [2.75, 3.05) is 0 Å². The van der Waals surface area contributed by atoms with E-state index in [-0.39, 0.29) is 17.4 Å². The summed E-state index contributed by atoms with van der Waals surface area (Å²) in [5.74, 6) is 5.20. The van der Waals surface area contributed by atoms with Crippen LogP contribution in [0.4, 0.5) is 0 Å². The van der Waals surface area contributed by atoms with E-state index in [0.29, 0.717) is 15.9 Å². The molecule has 0 aliphatic carbocycles. The Kier molecular flexibility index (Phi) is 4.11. The van der Waals surface area contributed by atoms with Crippen LogP contribution in [0.5, 0.6) is 5.88 Å². The summed E-state index contributed by atoms with van der Waals surface area (Å²) < 4.78 is 0.961. The molecule has 0 unspecified atom stereocenters. The Morgan fingerprint density at radius 3 is 2.74 bits per heavy atom. The van der Waals surface area contributed by atoms with E-state index < -0.39 is 16.9 Å². The Morgan fingerprint density at radius 2 is 1.96 bits per heavy atom. The summed E-state index contributed by atoms with van der Waals surface area (Å²) in [6.45, 7) is -0.0806. The highest BCUT2D eigenvalue weighted by atomic mass is 35.5. The highest BCUT2D eigenvalue weighted by molar-refractivity contribution is 6.31. The Bertz CT molecular complexity index is 1370. The molecule has 0 saturated carbocycles. The van der Waals surface area contributed by atoms with Crippen molar-refractivity contribution in [1.29, 1.82) is 0 Å². The van der Waals surface area contributed by atoms with Crippen LogP contribution in [0.25, 0.3) is 21.8 Å². The first kappa shape index (κ1) is 16.8. The fraction of sp³-hybridized carbons (Fsp3) is 0.0526. The van der Waals surface area contributed by atoms with E-state index in [0.717, 1.165) is 10.2 Å². The zero-order valence-corrected chi connectivity index (χ0v) is 14.5. The highest BCUT2D eigenvalue weighted by Crippen LogP contribution is 2.20. The second-order valence-electron chi connectivity index (χ2n) is 5.72. The van der Waals surface area contributed by atoms with Crippen LogP contribution in [0.2, 0.25) is 5.02 Å². The number of aromatic nitrogens is 4. The molecule has 8 heteroatoms. The third kappa shape index (κ3) is 3.03. The maximum Gasteiger partial charge on any atom is 0.281 e. The Hall–Kier alpha value is -3.63. The van der Waals surface area contributed by atoms with Crippen molar-refractivity contribution >= 4 is 33.4 Å². The molecule has 0 fully saturated rings. The molecule has 1 aromatic carbocycles. The van der Waals surface area contributed by atoms with E-state index in [1.54, 1.807) is 36.7 Å². The highest BCUT2D eigenvalue weighted by Gasteiger charge is 2.16. The van der Waals surface area contributed by atoms with Crippen molar-refractivity contribution in [2.24, 2.45) is 0 Å². The summed E-state index contributed by atoms with van der Waals surface area (Å²) in [6.07, 6.45) is 3.21. The van der Waals surface area contributed by atoms with Gasteiger partial charge in [0.2, 0.25) is 5.43 Å². The zero-order valence-electron chi connectivity index (χ0n) is 13.7. The van der Waals surface area contributed by atoms with Crippen LogP contribution in [0.15, 0.2) is 52.3 Å². The third-order valence-electron chi connectivity index (χ3n) is 3.99. The van der Waals surface area contributed by atoms with Crippen molar-refractivity contribution in [3.05, 3.63) is 73.9 Å². The summed E-state index contributed by atoms with van der Waals surface area (Å²) in [5, 5.41) is 14.6. The lowest BCUT2D eigenvalue weighted by Crippen LogP contribution is -2.27. The molecule has 0 aliphatic rings. The molecule has 4 rings (SSSR count). The Labute approximate surface area is 156 Å². The predicted molar refractivity (Wildman–Crippen MR) is 102 cm³/mol. The minimum Gasteiger partial charge on any atom is -0.491 e. The quantitative estimate of drug-likeness (QED) is 0.390. The monoisotopic (exact) mass is 378 g/mol. The first-order valence-corrected chi connectivity index (χ1v) is 8.26. The molecule has 27 heavy (non-hydrogen) atoms. The molecular weight excluding hydrogens is 368 g/mol. The van der Waals surface area contributed by atoms with Gasteiger partial charge in [-0.15, -0.1) is 5.10 Å². The van der Waals surface area contributed by atoms with Crippen LogP contribution in [0, 0.1) is 11.8 Å². The van der Waals surface area contributed by atoms with Gasteiger partial charge in [0.05, 0.1) is 5.52 Å². The average Bonchev–Trinajstić information content (AvgIpc) is 2.66. The molecule has 0 spiro atoms. The second-order valence-corrected chi connectivity index (χ2v) is 6.15. The number of aromatic hydroxyl groups is 1. The smallest absolute Gasteiger partial charge is 0.281 e. The van der Waals surface area contributed by atoms with E-state index in [9.17, 15) is 14.7 Å². The Balaban J connectivity index is 1.88. The number of fused-ring (bicyclic) bond motifs is 2. The van der Waals surface area contributed by atoms with E-state index in [1.807, 2.05) is 0 Å². The van der Waals surface area contributed by atoms with Crippen LogP contribution in [-0.4, -0.2) is 24.9 Å². The normalized spacial score (nSPS) is 10.7. The van der Waals surface area contributed by atoms with Crippen LogP contribution in [-0.2, 0) is 6.54 Å². The van der Waals surface area contributed by atoms with Gasteiger partial charge in [-0.2, -0.15) is 0 Å². The molecule has 0 amide bonds. The SMILES string of the molecule is O=c1c2ccc(Cl)cc2[nH]c2c(O)nn(CC#Cc3ccncc3)c(=O)c12. The topological polar surface area (TPSA) is 101 Å². The maximum atomic E-state index is 12.8. The second kappa shape index (κ2) is 6.59. The van der Waals surface area contributed by atoms with Crippen molar-refractivity contribution < 1.29 is 5.11 Å². The van der Waals surface area contributed by atoms with Crippen LogP contribution in [0.3, 0.4) is 0 Å². The minimum absolute atomic E-state index is 0.0295. The van der Waals surface area contributed by atoms with Gasteiger partial charge < -0.3 is 10.1 Å². The number of H-pyrrole nitrogens is 1. The zero-order chi connectivity index (χ0) is 19.0. The van der Waals surface area contributed by atoms with Gasteiger partial charge in [0.1, 0.15) is 17.4 Å². The summed E-state index contributed by atoms with van der Waals surface area (Å²) in [4.78, 5) is 32.2. The third-order valence-corrected chi connectivity index (χ3v) is 4.23. The van der Waals surface area contributed by atoms with Gasteiger partial charge in [-0.05, 0) is 30.3 Å². The van der Waals surface area contributed by atoms with Gasteiger partial charge in [0, 0.05) is 28.4 Å². The van der Waals surface area contributed by atoms with Crippen LogP contribution < -0.4 is 11.0 Å². The number of hydrogen-bond acceptors (Lipinski definition) is 5. The number of rotatable bonds is 1.